The molecule has 1 aliphatic carbocycles. The summed E-state index contributed by atoms with van der Waals surface area (Å²) in [6.07, 6.45) is -4.52. The Labute approximate surface area is 270 Å². The van der Waals surface area contributed by atoms with E-state index in [4.69, 9.17) is 42.6 Å². The fourth-order valence-electron chi connectivity index (χ4n) is 5.57. The zero-order valence-corrected chi connectivity index (χ0v) is 26.4. The number of hydrogen-bond acceptors (Lipinski definition) is 15. The zero-order chi connectivity index (χ0) is 34.2. The second kappa shape index (κ2) is 15.7. The molecule has 0 N–H and O–H groups in total. The van der Waals surface area contributed by atoms with Crippen molar-refractivity contribution < 1.29 is 71.4 Å². The van der Waals surface area contributed by atoms with Gasteiger partial charge in [0.2, 0.25) is 12.6 Å². The van der Waals surface area contributed by atoms with Crippen LogP contribution in [0.1, 0.15) is 45.0 Å². The molecule has 0 bridgehead atoms. The van der Waals surface area contributed by atoms with Crippen LogP contribution in [0.4, 0.5) is 0 Å². The minimum atomic E-state index is -1.55. The molecule has 0 radical (unpaired) electrons. The molecule has 4 unspecified atom stereocenters. The number of ether oxygens (including phenoxy) is 9. The van der Waals surface area contributed by atoms with Gasteiger partial charge in [0.05, 0.1) is 17.7 Å². The van der Waals surface area contributed by atoms with Crippen LogP contribution in [0.5, 0.6) is 0 Å². The molecule has 9 atom stereocenters. The van der Waals surface area contributed by atoms with E-state index in [9.17, 15) is 28.8 Å². The van der Waals surface area contributed by atoms with Gasteiger partial charge in [-0.2, -0.15) is 0 Å². The highest BCUT2D eigenvalue weighted by Crippen LogP contribution is 2.43. The lowest BCUT2D eigenvalue weighted by molar-refractivity contribution is -0.342. The van der Waals surface area contributed by atoms with Crippen molar-refractivity contribution in [3.8, 4) is 0 Å². The summed E-state index contributed by atoms with van der Waals surface area (Å²) >= 11 is 0. The van der Waals surface area contributed by atoms with E-state index in [-0.39, 0.29) is 6.61 Å². The first-order valence-corrected chi connectivity index (χ1v) is 14.7. The molecule has 0 amide bonds. The second-order valence-electron chi connectivity index (χ2n) is 10.9. The van der Waals surface area contributed by atoms with E-state index in [2.05, 4.69) is 0 Å². The third-order valence-corrected chi connectivity index (χ3v) is 7.31. The molecule has 15 heteroatoms. The van der Waals surface area contributed by atoms with Gasteiger partial charge < -0.3 is 42.6 Å². The van der Waals surface area contributed by atoms with Gasteiger partial charge >= 0.3 is 35.8 Å². The molecule has 47 heavy (non-hydrogen) atoms. The minimum absolute atomic E-state index is 0.220. The fraction of sp³-hybridized carbons (Fsp3) is 0.500. The van der Waals surface area contributed by atoms with Crippen molar-refractivity contribution >= 4 is 35.8 Å². The van der Waals surface area contributed by atoms with Crippen LogP contribution in [-0.4, -0.2) is 92.1 Å². The fourth-order valence-corrected chi connectivity index (χ4v) is 5.57. The van der Waals surface area contributed by atoms with Gasteiger partial charge in [0, 0.05) is 40.5 Å². The van der Waals surface area contributed by atoms with E-state index >= 15 is 0 Å². The van der Waals surface area contributed by atoms with Crippen LogP contribution < -0.4 is 0 Å². The van der Waals surface area contributed by atoms with Crippen molar-refractivity contribution in [2.45, 2.75) is 77.7 Å². The molecular weight excluding hydrogens is 624 g/mol. The molecule has 0 spiro atoms. The first-order chi connectivity index (χ1) is 22.3. The number of hydrogen-bond donors (Lipinski definition) is 0. The number of rotatable bonds is 11. The highest BCUT2D eigenvalue weighted by Gasteiger charge is 2.55. The van der Waals surface area contributed by atoms with Gasteiger partial charge in [-0.25, -0.2) is 4.79 Å². The Morgan fingerprint density at radius 1 is 0.702 bits per heavy atom. The molecule has 1 fully saturated rings. The van der Waals surface area contributed by atoms with Crippen molar-refractivity contribution in [3.05, 3.63) is 59.9 Å². The van der Waals surface area contributed by atoms with E-state index in [0.717, 1.165) is 27.7 Å². The largest absolute Gasteiger partial charge is 0.472 e. The van der Waals surface area contributed by atoms with Crippen molar-refractivity contribution in [1.29, 1.82) is 0 Å². The molecule has 3 aliphatic rings. The van der Waals surface area contributed by atoms with Crippen molar-refractivity contribution in [1.82, 2.24) is 0 Å². The van der Waals surface area contributed by atoms with Crippen LogP contribution in [-0.2, 0) is 66.6 Å². The van der Waals surface area contributed by atoms with Crippen LogP contribution in [0.15, 0.2) is 54.3 Å². The molecule has 2 aliphatic heterocycles. The monoisotopic (exact) mass is 660 g/mol. The zero-order valence-electron chi connectivity index (χ0n) is 26.4. The van der Waals surface area contributed by atoms with Crippen molar-refractivity contribution in [2.75, 3.05) is 13.2 Å². The van der Waals surface area contributed by atoms with Gasteiger partial charge in [-0.3, -0.25) is 24.0 Å². The molecule has 1 aromatic carbocycles. The number of benzene rings is 1. The minimum Gasteiger partial charge on any atom is -0.472 e. The van der Waals surface area contributed by atoms with Crippen molar-refractivity contribution in [2.24, 2.45) is 11.8 Å². The molecule has 254 valence electrons. The summed E-state index contributed by atoms with van der Waals surface area (Å²) in [6.45, 7) is 5.05. The average Bonchev–Trinajstić information content (AvgIpc) is 3.35. The first kappa shape index (κ1) is 35.1. The summed E-state index contributed by atoms with van der Waals surface area (Å²) in [7, 11) is 0. The Morgan fingerprint density at radius 2 is 1.32 bits per heavy atom. The third-order valence-electron chi connectivity index (χ3n) is 7.31. The molecule has 1 aromatic rings. The van der Waals surface area contributed by atoms with Gasteiger partial charge in [0.15, 0.2) is 18.3 Å². The smallest absolute Gasteiger partial charge is 0.338 e. The van der Waals surface area contributed by atoms with E-state index in [1.165, 1.54) is 13.2 Å². The molecule has 1 saturated heterocycles. The van der Waals surface area contributed by atoms with Crippen LogP contribution in [0.3, 0.4) is 0 Å². The van der Waals surface area contributed by atoms with Gasteiger partial charge in [-0.05, 0) is 29.9 Å². The molecule has 15 nitrogen and oxygen atoms in total. The Morgan fingerprint density at radius 3 is 1.94 bits per heavy atom. The average molecular weight is 661 g/mol. The summed E-state index contributed by atoms with van der Waals surface area (Å²) < 4.78 is 50.8. The van der Waals surface area contributed by atoms with Gasteiger partial charge in [-0.1, -0.05) is 18.2 Å². The lowest BCUT2D eigenvalue weighted by atomic mass is 9.88. The van der Waals surface area contributed by atoms with Gasteiger partial charge in [0.1, 0.15) is 25.4 Å². The highest BCUT2D eigenvalue weighted by molar-refractivity contribution is 5.89. The molecular formula is C32H36O15. The predicted octanol–water partition coefficient (Wildman–Crippen LogP) is 1.92. The second-order valence-corrected chi connectivity index (χ2v) is 10.9. The third kappa shape index (κ3) is 9.16. The quantitative estimate of drug-likeness (QED) is 0.190. The number of fused-ring (bicyclic) bond motifs is 1. The highest BCUT2D eigenvalue weighted by atomic mass is 16.8. The van der Waals surface area contributed by atoms with E-state index in [1.54, 1.807) is 42.5 Å². The molecule has 2 heterocycles. The summed E-state index contributed by atoms with van der Waals surface area (Å²) in [5.74, 6) is -5.48. The summed E-state index contributed by atoms with van der Waals surface area (Å²) in [5.41, 5.74) is 0.815. The van der Waals surface area contributed by atoms with E-state index in [0.29, 0.717) is 11.1 Å². The van der Waals surface area contributed by atoms with E-state index < -0.39 is 97.4 Å². The standard InChI is InChI=1S/C32H36O15/c1-16(33)40-15-25-27(43-18(3)35)28(44-19(4)36)29(45-20(5)37)32(46-25)47-31-26-22(14-41-30(38)21-9-7-6-8-10-21)13-24(42-17(2)34)23(26)11-12-39-31/h6-13,23-29,31-32H,14-15H2,1-5H3/t23?,24?,25-,26?,27-,28+,29-,31?,32-/m0/s1. The Kier molecular flexibility index (Phi) is 11.7. The van der Waals surface area contributed by atoms with Gasteiger partial charge in [-0.15, -0.1) is 0 Å². The van der Waals surface area contributed by atoms with Crippen molar-refractivity contribution in [3.63, 3.8) is 0 Å². The number of esters is 6. The summed E-state index contributed by atoms with van der Waals surface area (Å²) in [5, 5.41) is 0. The summed E-state index contributed by atoms with van der Waals surface area (Å²) in [4.78, 5) is 72.9. The lowest BCUT2D eigenvalue weighted by Crippen LogP contribution is -2.63. The van der Waals surface area contributed by atoms with Crippen LogP contribution in [0, 0.1) is 11.8 Å². The molecule has 0 saturated carbocycles. The van der Waals surface area contributed by atoms with Gasteiger partial charge in [0.25, 0.3) is 0 Å². The lowest BCUT2D eigenvalue weighted by Gasteiger charge is -2.45. The normalized spacial score (nSPS) is 29.2. The maximum absolute atomic E-state index is 12.7. The Bertz CT molecular complexity index is 1400. The SMILES string of the molecule is CC(=O)OC[C@@H]1O[C@@H](OC2OC=CC3C(OC(C)=O)C=C(COC(=O)c4ccccc4)C23)[C@@H](OC(C)=O)[C@H](OC(C)=O)[C@H]1OC(C)=O. The number of carbonyl (C=O) groups is 6. The van der Waals surface area contributed by atoms with Crippen LogP contribution in [0.2, 0.25) is 0 Å². The maximum atomic E-state index is 12.7. The molecule has 4 rings (SSSR count). The number of carbonyl (C=O) groups excluding carboxylic acids is 6. The summed E-state index contributed by atoms with van der Waals surface area (Å²) in [6, 6.07) is 8.33. The first-order valence-electron chi connectivity index (χ1n) is 14.7. The Balaban J connectivity index is 1.66. The molecule has 0 aromatic heterocycles. The maximum Gasteiger partial charge on any atom is 0.338 e. The predicted molar refractivity (Wildman–Crippen MR) is 154 cm³/mol. The van der Waals surface area contributed by atoms with E-state index in [1.807, 2.05) is 0 Å². The topological polar surface area (TPSA) is 185 Å². The Hall–Kier alpha value is -4.76. The van der Waals surface area contributed by atoms with Crippen LogP contribution >= 0.6 is 0 Å². The van der Waals surface area contributed by atoms with Crippen LogP contribution in [0.25, 0.3) is 0 Å².